The minimum Gasteiger partial charge on any atom is -0.465 e. The van der Waals surface area contributed by atoms with Crippen molar-refractivity contribution in [1.82, 2.24) is 9.97 Å². The fourth-order valence-corrected chi connectivity index (χ4v) is 3.34. The molecule has 0 amide bonds. The lowest BCUT2D eigenvalue weighted by molar-refractivity contribution is -0.0500. The van der Waals surface area contributed by atoms with E-state index >= 15 is 0 Å². The number of hydrogen-bond acceptors (Lipinski definition) is 6. The van der Waals surface area contributed by atoms with Crippen LogP contribution in [0.1, 0.15) is 21.5 Å². The molecular weight excluding hydrogens is 413 g/mol. The van der Waals surface area contributed by atoms with E-state index in [1.807, 2.05) is 0 Å². The van der Waals surface area contributed by atoms with E-state index in [0.717, 1.165) is 0 Å². The molecule has 1 N–H and O–H groups in total. The van der Waals surface area contributed by atoms with Gasteiger partial charge in [-0.05, 0) is 55.3 Å². The predicted octanol–water partition coefficient (Wildman–Crippen LogP) is 3.86. The number of alkyl halides is 3. The summed E-state index contributed by atoms with van der Waals surface area (Å²) in [4.78, 5) is 19.1. The second-order valence-corrected chi connectivity index (χ2v) is 7.76. The van der Waals surface area contributed by atoms with E-state index in [-0.39, 0.29) is 0 Å². The number of benzene rings is 2. The largest absolute Gasteiger partial charge is 0.534 e. The molecule has 0 radical (unpaired) electrons. The molecule has 0 aliphatic rings. The number of nitrogens with one attached hydrogen (secondary N) is 1. The molecule has 0 aliphatic heterocycles. The molecule has 1 aromatic heterocycles. The number of carbonyl (C=O) groups excluding carboxylic acids is 1. The van der Waals surface area contributed by atoms with Crippen molar-refractivity contribution < 1.29 is 35.3 Å². The maximum Gasteiger partial charge on any atom is 0.534 e. The lowest BCUT2D eigenvalue weighted by Crippen LogP contribution is -2.28. The number of nitrogens with zero attached hydrogens (tertiary/aromatic N) is 1. The van der Waals surface area contributed by atoms with Crippen LogP contribution in [0, 0.1) is 13.8 Å². The van der Waals surface area contributed by atoms with Crippen molar-refractivity contribution in [2.24, 2.45) is 0 Å². The van der Waals surface area contributed by atoms with Crippen molar-refractivity contribution >= 4 is 27.1 Å². The summed E-state index contributed by atoms with van der Waals surface area (Å²) in [6.07, 6.45) is 0. The number of imidazole rings is 1. The molecule has 0 spiro atoms. The van der Waals surface area contributed by atoms with E-state index in [2.05, 4.69) is 18.9 Å². The topological polar surface area (TPSA) is 98.3 Å². The van der Waals surface area contributed by atoms with Gasteiger partial charge >= 0.3 is 21.6 Å². The average Bonchev–Trinajstić information content (AvgIpc) is 3.01. The molecule has 3 rings (SSSR count). The van der Waals surface area contributed by atoms with Crippen LogP contribution in [-0.2, 0) is 14.9 Å². The molecule has 7 nitrogen and oxygen atoms in total. The molecule has 0 unspecified atom stereocenters. The fraction of sp³-hybridized carbons (Fsp3) is 0.222. The lowest BCUT2D eigenvalue weighted by Gasteiger charge is -2.13. The summed E-state index contributed by atoms with van der Waals surface area (Å²) in [7, 11) is -4.50. The van der Waals surface area contributed by atoms with Gasteiger partial charge in [-0.15, -0.1) is 0 Å². The normalized spacial score (nSPS) is 12.2. The van der Waals surface area contributed by atoms with Crippen LogP contribution >= 0.6 is 0 Å². The third kappa shape index (κ3) is 3.90. The van der Waals surface area contributed by atoms with Gasteiger partial charge < -0.3 is 13.9 Å². The zero-order valence-electron chi connectivity index (χ0n) is 15.4. The quantitative estimate of drug-likeness (QED) is 0.385. The minimum atomic E-state index is -5.76. The smallest absolute Gasteiger partial charge is 0.465 e. The van der Waals surface area contributed by atoms with Gasteiger partial charge in [0.1, 0.15) is 11.6 Å². The number of aryl methyl sites for hydroxylation is 2. The van der Waals surface area contributed by atoms with Crippen LogP contribution < -0.4 is 4.18 Å². The number of fused-ring (bicyclic) bond motifs is 1. The average molecular weight is 428 g/mol. The van der Waals surface area contributed by atoms with Gasteiger partial charge in [-0.2, -0.15) is 21.6 Å². The zero-order chi connectivity index (χ0) is 21.6. The van der Waals surface area contributed by atoms with Crippen molar-refractivity contribution in [2.75, 3.05) is 7.11 Å². The Hall–Kier alpha value is -3.08. The van der Waals surface area contributed by atoms with Gasteiger partial charge in [-0.1, -0.05) is 0 Å². The Morgan fingerprint density at radius 1 is 1.10 bits per heavy atom. The fourth-order valence-electron chi connectivity index (χ4n) is 2.89. The second kappa shape index (κ2) is 7.07. The molecule has 0 fully saturated rings. The molecule has 29 heavy (non-hydrogen) atoms. The van der Waals surface area contributed by atoms with Gasteiger partial charge in [0.15, 0.2) is 0 Å². The van der Waals surface area contributed by atoms with Gasteiger partial charge in [-0.25, -0.2) is 9.78 Å². The highest BCUT2D eigenvalue weighted by atomic mass is 32.2. The standard InChI is InChI=1S/C18H15F3N2O5S/c1-9-6-12(28-29(25,26)18(19,20)21)7-10(2)15(9)16-22-13-5-4-11(17(24)27-3)8-14(13)23-16/h4-8H,1-3H3,(H,22,23). The Morgan fingerprint density at radius 2 is 1.72 bits per heavy atom. The first-order valence-electron chi connectivity index (χ1n) is 8.13. The van der Waals surface area contributed by atoms with Crippen molar-refractivity contribution in [3.05, 3.63) is 47.0 Å². The number of esters is 1. The first kappa shape index (κ1) is 20.6. The van der Waals surface area contributed by atoms with E-state index in [9.17, 15) is 26.4 Å². The first-order valence-corrected chi connectivity index (χ1v) is 9.54. The molecule has 0 atom stereocenters. The van der Waals surface area contributed by atoms with Crippen molar-refractivity contribution in [2.45, 2.75) is 19.4 Å². The predicted molar refractivity (Wildman–Crippen MR) is 97.9 cm³/mol. The summed E-state index contributed by atoms with van der Waals surface area (Å²) >= 11 is 0. The highest BCUT2D eigenvalue weighted by Gasteiger charge is 2.48. The van der Waals surface area contributed by atoms with E-state index < -0.39 is 27.3 Å². The number of halogens is 3. The van der Waals surface area contributed by atoms with Gasteiger partial charge in [-0.3, -0.25) is 0 Å². The maximum atomic E-state index is 12.5. The number of aromatic amines is 1. The van der Waals surface area contributed by atoms with Gasteiger partial charge in [0, 0.05) is 5.56 Å². The Morgan fingerprint density at radius 3 is 2.28 bits per heavy atom. The number of H-pyrrole nitrogens is 1. The third-order valence-electron chi connectivity index (χ3n) is 4.14. The Balaban J connectivity index is 2.02. The van der Waals surface area contributed by atoms with E-state index in [1.54, 1.807) is 32.0 Å². The van der Waals surface area contributed by atoms with Gasteiger partial charge in [0.25, 0.3) is 0 Å². The Bertz CT molecular complexity index is 1190. The second-order valence-electron chi connectivity index (χ2n) is 6.22. The molecule has 11 heteroatoms. The van der Waals surface area contributed by atoms with Gasteiger partial charge in [0.2, 0.25) is 0 Å². The van der Waals surface area contributed by atoms with Crippen molar-refractivity contribution in [1.29, 1.82) is 0 Å². The number of aromatic nitrogens is 2. The SMILES string of the molecule is COC(=O)c1ccc2nc(-c3c(C)cc(OS(=O)(=O)C(F)(F)F)cc3C)[nH]c2c1. The first-order chi connectivity index (χ1) is 13.4. The van der Waals surface area contributed by atoms with E-state index in [0.29, 0.717) is 39.1 Å². The Labute approximate surface area is 163 Å². The van der Waals surface area contributed by atoms with Crippen LogP contribution in [0.15, 0.2) is 30.3 Å². The molecule has 1 heterocycles. The third-order valence-corrected chi connectivity index (χ3v) is 5.11. The maximum absolute atomic E-state index is 12.5. The van der Waals surface area contributed by atoms with Crippen LogP contribution in [0.3, 0.4) is 0 Å². The Kier molecular flexibility index (Phi) is 5.03. The summed E-state index contributed by atoms with van der Waals surface area (Å²) < 4.78 is 68.9. The molecule has 0 saturated heterocycles. The van der Waals surface area contributed by atoms with Crippen LogP contribution in [-0.4, -0.2) is 37.0 Å². The van der Waals surface area contributed by atoms with E-state index in [1.165, 1.54) is 19.2 Å². The zero-order valence-corrected chi connectivity index (χ0v) is 16.2. The molecule has 2 aromatic carbocycles. The van der Waals surface area contributed by atoms with Crippen LogP contribution in [0.5, 0.6) is 5.75 Å². The van der Waals surface area contributed by atoms with Crippen LogP contribution in [0.4, 0.5) is 13.2 Å². The number of rotatable bonds is 4. The number of hydrogen-bond donors (Lipinski definition) is 1. The number of carbonyl (C=O) groups is 1. The highest BCUT2D eigenvalue weighted by molar-refractivity contribution is 7.88. The summed E-state index contributed by atoms with van der Waals surface area (Å²) in [6, 6.07) is 7.10. The molecule has 0 saturated carbocycles. The molecule has 0 aliphatic carbocycles. The van der Waals surface area contributed by atoms with Crippen molar-refractivity contribution in [3.8, 4) is 17.1 Å². The monoisotopic (exact) mass is 428 g/mol. The molecule has 0 bridgehead atoms. The van der Waals surface area contributed by atoms with Crippen LogP contribution in [0.25, 0.3) is 22.4 Å². The van der Waals surface area contributed by atoms with Crippen molar-refractivity contribution in [3.63, 3.8) is 0 Å². The summed E-state index contributed by atoms with van der Waals surface area (Å²) in [5, 5.41) is 0. The van der Waals surface area contributed by atoms with E-state index in [4.69, 9.17) is 0 Å². The minimum absolute atomic E-state index is 0.324. The molecule has 154 valence electrons. The summed E-state index contributed by atoms with van der Waals surface area (Å²) in [6.45, 7) is 3.17. The highest BCUT2D eigenvalue weighted by Crippen LogP contribution is 2.33. The summed E-state index contributed by atoms with van der Waals surface area (Å²) in [5.74, 6) is -0.560. The lowest BCUT2D eigenvalue weighted by atomic mass is 10.0. The molecular formula is C18H15F3N2O5S. The number of ether oxygens (including phenoxy) is 1. The molecule has 3 aromatic rings. The summed E-state index contributed by atoms with van der Waals surface area (Å²) in [5.41, 5.74) is -2.62. The number of methoxy groups -OCH3 is 1. The van der Waals surface area contributed by atoms with Gasteiger partial charge in [0.05, 0.1) is 23.7 Å². The van der Waals surface area contributed by atoms with Crippen LogP contribution in [0.2, 0.25) is 0 Å².